The maximum Gasteiger partial charge on any atom is 0.472 e. The van der Waals surface area contributed by atoms with Gasteiger partial charge in [0, 0.05) is 12.8 Å². The number of carbonyl (C=O) groups excluding carboxylic acids is 2. The average molecular weight is 761 g/mol. The zero-order chi connectivity index (χ0) is 38.6. The lowest BCUT2D eigenvalue weighted by molar-refractivity contribution is -0.220. The van der Waals surface area contributed by atoms with Gasteiger partial charge in [0.25, 0.3) is 0 Å². The van der Waals surface area contributed by atoms with Gasteiger partial charge in [0.05, 0.1) is 6.61 Å². The van der Waals surface area contributed by atoms with Crippen LogP contribution < -0.4 is 0 Å². The SMILES string of the molecule is CC/C=C\C/C=C\C/C=C\C/C=C\CCCCCCCCCCC(=O)OC(COC(=O)CCCC)COP(=O)(O)OC1C(O)C(O)C(O)C(O)C1O. The Hall–Kier alpha value is -2.19. The Morgan fingerprint density at radius 3 is 1.65 bits per heavy atom. The Bertz CT molecular complexity index is 1110. The number of ether oxygens (including phenoxy) is 2. The normalized spacial score (nSPS) is 24.2. The first-order valence-corrected chi connectivity index (χ1v) is 20.4. The van der Waals surface area contributed by atoms with E-state index >= 15 is 0 Å². The summed E-state index contributed by atoms with van der Waals surface area (Å²) in [6.45, 7) is 2.85. The quantitative estimate of drug-likeness (QED) is 0.0236. The molecule has 6 unspecified atom stereocenters. The van der Waals surface area contributed by atoms with Crippen LogP contribution in [0.1, 0.15) is 123 Å². The predicted molar refractivity (Wildman–Crippen MR) is 198 cm³/mol. The molecule has 0 radical (unpaired) electrons. The van der Waals surface area contributed by atoms with Crippen molar-refractivity contribution >= 4 is 19.8 Å². The number of phosphoric acid groups is 1. The second kappa shape index (κ2) is 29.2. The van der Waals surface area contributed by atoms with E-state index in [2.05, 4.69) is 55.5 Å². The van der Waals surface area contributed by atoms with Crippen LogP contribution in [0.2, 0.25) is 0 Å². The third-order valence-corrected chi connectivity index (χ3v) is 9.42. The highest BCUT2D eigenvalue weighted by molar-refractivity contribution is 7.47. The summed E-state index contributed by atoms with van der Waals surface area (Å²) in [4.78, 5) is 34.8. The van der Waals surface area contributed by atoms with E-state index in [0.717, 1.165) is 77.0 Å². The third kappa shape index (κ3) is 22.1. The summed E-state index contributed by atoms with van der Waals surface area (Å²) in [6.07, 6.45) is 19.1. The molecule has 13 nitrogen and oxygen atoms in total. The Balaban J connectivity index is 2.33. The van der Waals surface area contributed by atoms with Crippen molar-refractivity contribution in [1.82, 2.24) is 0 Å². The molecule has 14 heteroatoms. The molecule has 0 amide bonds. The first kappa shape index (κ1) is 47.8. The summed E-state index contributed by atoms with van der Waals surface area (Å²) < 4.78 is 32.9. The third-order valence-electron chi connectivity index (χ3n) is 8.43. The van der Waals surface area contributed by atoms with E-state index in [0.29, 0.717) is 12.8 Å². The molecule has 1 saturated carbocycles. The minimum atomic E-state index is -5.09. The molecule has 0 aromatic carbocycles. The lowest BCUT2D eigenvalue weighted by atomic mass is 9.85. The van der Waals surface area contributed by atoms with Crippen molar-refractivity contribution in [1.29, 1.82) is 0 Å². The summed E-state index contributed by atoms with van der Waals surface area (Å²) >= 11 is 0. The Labute approximate surface area is 310 Å². The van der Waals surface area contributed by atoms with Crippen molar-refractivity contribution in [3.8, 4) is 0 Å². The molecule has 0 saturated heterocycles. The summed E-state index contributed by atoms with van der Waals surface area (Å²) in [5.74, 6) is -1.16. The molecule has 0 bridgehead atoms. The summed E-state index contributed by atoms with van der Waals surface area (Å²) in [5, 5.41) is 49.6. The van der Waals surface area contributed by atoms with Crippen LogP contribution in [0.5, 0.6) is 0 Å². The van der Waals surface area contributed by atoms with Gasteiger partial charge in [-0.15, -0.1) is 0 Å². The molecule has 6 atom stereocenters. The van der Waals surface area contributed by atoms with Crippen LogP contribution in [0.3, 0.4) is 0 Å². The van der Waals surface area contributed by atoms with Gasteiger partial charge in [-0.25, -0.2) is 4.57 Å². The van der Waals surface area contributed by atoms with E-state index in [1.54, 1.807) is 0 Å². The fraction of sp³-hybridized carbons (Fsp3) is 0.737. The van der Waals surface area contributed by atoms with Gasteiger partial charge in [-0.05, 0) is 51.4 Å². The second-order valence-electron chi connectivity index (χ2n) is 13.1. The molecule has 1 rings (SSSR count). The van der Waals surface area contributed by atoms with Crippen molar-refractivity contribution < 1.29 is 63.1 Å². The number of unbranched alkanes of at least 4 members (excludes halogenated alkanes) is 9. The van der Waals surface area contributed by atoms with Gasteiger partial charge in [0.15, 0.2) is 6.10 Å². The van der Waals surface area contributed by atoms with E-state index in [1.165, 1.54) is 6.42 Å². The molecule has 1 aliphatic carbocycles. The van der Waals surface area contributed by atoms with Crippen LogP contribution in [0, 0.1) is 0 Å². The number of esters is 2. The monoisotopic (exact) mass is 760 g/mol. The number of allylic oxidation sites excluding steroid dienone is 8. The van der Waals surface area contributed by atoms with E-state index in [9.17, 15) is 44.6 Å². The fourth-order valence-electron chi connectivity index (χ4n) is 5.31. The van der Waals surface area contributed by atoms with Crippen LogP contribution in [0.25, 0.3) is 0 Å². The molecule has 1 aliphatic rings. The maximum atomic E-state index is 12.6. The van der Waals surface area contributed by atoms with Gasteiger partial charge >= 0.3 is 19.8 Å². The minimum absolute atomic E-state index is 0.0843. The van der Waals surface area contributed by atoms with E-state index in [-0.39, 0.29) is 12.8 Å². The molecule has 0 aliphatic heterocycles. The second-order valence-corrected chi connectivity index (χ2v) is 14.5. The molecular weight excluding hydrogens is 695 g/mol. The highest BCUT2D eigenvalue weighted by atomic mass is 31.2. The van der Waals surface area contributed by atoms with Gasteiger partial charge in [0.2, 0.25) is 0 Å². The zero-order valence-electron chi connectivity index (χ0n) is 31.1. The Morgan fingerprint density at radius 1 is 0.615 bits per heavy atom. The lowest BCUT2D eigenvalue weighted by Gasteiger charge is -2.41. The maximum absolute atomic E-state index is 12.6. The van der Waals surface area contributed by atoms with Gasteiger partial charge < -0.3 is 39.9 Å². The van der Waals surface area contributed by atoms with Gasteiger partial charge in [-0.3, -0.25) is 18.6 Å². The van der Waals surface area contributed by atoms with Crippen LogP contribution in [-0.2, 0) is 32.7 Å². The van der Waals surface area contributed by atoms with Gasteiger partial charge in [-0.1, -0.05) is 107 Å². The van der Waals surface area contributed by atoms with Crippen molar-refractivity contribution in [2.24, 2.45) is 0 Å². The number of aliphatic hydroxyl groups excluding tert-OH is 5. The molecule has 0 spiro atoms. The number of hydrogen-bond acceptors (Lipinski definition) is 12. The van der Waals surface area contributed by atoms with E-state index in [4.69, 9.17) is 18.5 Å². The Morgan fingerprint density at radius 2 is 1.10 bits per heavy atom. The fourth-order valence-corrected chi connectivity index (χ4v) is 6.29. The molecule has 1 fully saturated rings. The van der Waals surface area contributed by atoms with Crippen LogP contribution >= 0.6 is 7.82 Å². The summed E-state index contributed by atoms with van der Waals surface area (Å²) in [6, 6.07) is 0. The smallest absolute Gasteiger partial charge is 0.462 e. The topological polar surface area (TPSA) is 210 Å². The zero-order valence-corrected chi connectivity index (χ0v) is 32.0. The van der Waals surface area contributed by atoms with Gasteiger partial charge in [0.1, 0.15) is 43.2 Å². The first-order chi connectivity index (χ1) is 24.9. The molecule has 0 aromatic rings. The summed E-state index contributed by atoms with van der Waals surface area (Å²) in [5.41, 5.74) is 0. The highest BCUT2D eigenvalue weighted by Crippen LogP contribution is 2.47. The standard InChI is InChI=1S/C38H65O13P/c1-3-5-7-8-9-10-11-12-13-14-15-16-17-18-19-20-21-22-23-24-25-27-32(40)50-30(28-48-31(39)26-6-4-2)29-49-52(46,47)51-38-36(44)34(42)33(41)35(43)37(38)45/h5,7,9-10,12-13,15-16,30,33-38,41-45H,3-4,6,8,11,14,17-29H2,1-2H3,(H,46,47)/b7-5-,10-9-,13-12-,16-15-. The molecule has 0 heterocycles. The number of hydrogen-bond donors (Lipinski definition) is 6. The Kier molecular flexibility index (Phi) is 26.9. The number of carbonyl (C=O) groups is 2. The first-order valence-electron chi connectivity index (χ1n) is 18.9. The molecular formula is C38H65O13P. The van der Waals surface area contributed by atoms with Crippen molar-refractivity contribution in [2.45, 2.75) is 166 Å². The van der Waals surface area contributed by atoms with Crippen LogP contribution in [-0.4, -0.2) is 98.3 Å². The number of phosphoric ester groups is 1. The van der Waals surface area contributed by atoms with E-state index in [1.807, 2.05) is 6.92 Å². The molecule has 6 N–H and O–H groups in total. The number of aliphatic hydroxyl groups is 5. The minimum Gasteiger partial charge on any atom is -0.462 e. The molecule has 52 heavy (non-hydrogen) atoms. The largest absolute Gasteiger partial charge is 0.472 e. The van der Waals surface area contributed by atoms with Crippen molar-refractivity contribution in [3.05, 3.63) is 48.6 Å². The van der Waals surface area contributed by atoms with Crippen molar-refractivity contribution in [2.75, 3.05) is 13.2 Å². The molecule has 300 valence electrons. The average Bonchev–Trinajstić information content (AvgIpc) is 3.12. The van der Waals surface area contributed by atoms with E-state index < -0.39 is 75.7 Å². The van der Waals surface area contributed by atoms with Crippen LogP contribution in [0.15, 0.2) is 48.6 Å². The lowest BCUT2D eigenvalue weighted by Crippen LogP contribution is -2.64. The van der Waals surface area contributed by atoms with Crippen molar-refractivity contribution in [3.63, 3.8) is 0 Å². The number of rotatable bonds is 29. The van der Waals surface area contributed by atoms with Gasteiger partial charge in [-0.2, -0.15) is 0 Å². The highest BCUT2D eigenvalue weighted by Gasteiger charge is 2.51. The molecule has 0 aromatic heterocycles. The summed E-state index contributed by atoms with van der Waals surface area (Å²) in [7, 11) is -5.09. The predicted octanol–water partition coefficient (Wildman–Crippen LogP) is 5.66. The van der Waals surface area contributed by atoms with Crippen LogP contribution in [0.4, 0.5) is 0 Å².